The summed E-state index contributed by atoms with van der Waals surface area (Å²) in [7, 11) is -1.91. The molecule has 0 aliphatic carbocycles. The minimum atomic E-state index is -3.54. The van der Waals surface area contributed by atoms with Gasteiger partial charge in [-0.05, 0) is 60.2 Å². The molecule has 7 nitrogen and oxygen atoms in total. The molecule has 0 saturated carbocycles. The van der Waals surface area contributed by atoms with E-state index in [2.05, 4.69) is 29.4 Å². The number of benzene rings is 2. The number of anilines is 1. The van der Waals surface area contributed by atoms with E-state index < -0.39 is 10.0 Å². The minimum Gasteiger partial charge on any atom is -0.497 e. The summed E-state index contributed by atoms with van der Waals surface area (Å²) < 4.78 is 33.3. The van der Waals surface area contributed by atoms with Crippen molar-refractivity contribution in [2.24, 2.45) is 16.9 Å². The highest BCUT2D eigenvalue weighted by Gasteiger charge is 2.31. The molecule has 4 rings (SSSR count). The lowest BCUT2D eigenvalue weighted by molar-refractivity contribution is 0.222. The van der Waals surface area contributed by atoms with Crippen molar-refractivity contribution in [3.8, 4) is 17.0 Å². The number of sulfonamides is 1. The Balaban J connectivity index is 1.47. The van der Waals surface area contributed by atoms with Crippen LogP contribution in [0.4, 0.5) is 5.13 Å². The van der Waals surface area contributed by atoms with Crippen molar-refractivity contribution in [2.45, 2.75) is 25.2 Å². The maximum Gasteiger partial charge on any atom is 0.243 e. The van der Waals surface area contributed by atoms with Gasteiger partial charge in [0, 0.05) is 24.0 Å². The Morgan fingerprint density at radius 1 is 1.15 bits per heavy atom. The van der Waals surface area contributed by atoms with Crippen molar-refractivity contribution in [1.82, 2.24) is 9.29 Å². The zero-order valence-corrected chi connectivity index (χ0v) is 20.6. The van der Waals surface area contributed by atoms with Crippen LogP contribution in [-0.4, -0.2) is 44.1 Å². The SMILES string of the molecule is COc1ccc(C=NNc2nc(-c3cccc(S(=O)(=O)N4CC(C)CC(C)C4)c3)cs2)cc1. The number of thiazole rings is 1. The lowest BCUT2D eigenvalue weighted by atomic mass is 9.94. The zero-order chi connectivity index (χ0) is 23.4. The highest BCUT2D eigenvalue weighted by molar-refractivity contribution is 7.89. The Morgan fingerprint density at radius 2 is 1.88 bits per heavy atom. The zero-order valence-electron chi connectivity index (χ0n) is 18.9. The van der Waals surface area contributed by atoms with E-state index in [1.165, 1.54) is 11.3 Å². The molecule has 2 aromatic carbocycles. The fourth-order valence-electron chi connectivity index (χ4n) is 4.08. The first kappa shape index (κ1) is 23.4. The monoisotopic (exact) mass is 484 g/mol. The number of piperidine rings is 1. The Labute approximate surface area is 199 Å². The summed E-state index contributed by atoms with van der Waals surface area (Å²) in [5, 5.41) is 6.75. The fourth-order valence-corrected chi connectivity index (χ4v) is 6.47. The molecule has 1 fully saturated rings. The normalized spacial score (nSPS) is 19.6. The molecule has 0 amide bonds. The Bertz CT molecular complexity index is 1210. The second-order valence-corrected chi connectivity index (χ2v) is 11.3. The van der Waals surface area contributed by atoms with Gasteiger partial charge in [0.2, 0.25) is 15.2 Å². The molecule has 33 heavy (non-hydrogen) atoms. The topological polar surface area (TPSA) is 83.9 Å². The number of aromatic nitrogens is 1. The number of methoxy groups -OCH3 is 1. The van der Waals surface area contributed by atoms with Crippen LogP contribution in [0.1, 0.15) is 25.8 Å². The molecule has 0 spiro atoms. The van der Waals surface area contributed by atoms with Crippen molar-refractivity contribution in [1.29, 1.82) is 0 Å². The molecule has 174 valence electrons. The van der Waals surface area contributed by atoms with Gasteiger partial charge in [0.1, 0.15) is 5.75 Å². The third-order valence-corrected chi connectivity index (χ3v) is 8.17. The van der Waals surface area contributed by atoms with Crippen LogP contribution in [0.5, 0.6) is 5.75 Å². The number of ether oxygens (including phenoxy) is 1. The van der Waals surface area contributed by atoms with Gasteiger partial charge in [-0.3, -0.25) is 5.43 Å². The van der Waals surface area contributed by atoms with Crippen LogP contribution in [0, 0.1) is 11.8 Å². The summed E-state index contributed by atoms with van der Waals surface area (Å²) in [5.41, 5.74) is 5.34. The highest BCUT2D eigenvalue weighted by Crippen LogP contribution is 2.30. The van der Waals surface area contributed by atoms with Gasteiger partial charge in [0.15, 0.2) is 0 Å². The molecule has 2 unspecified atom stereocenters. The van der Waals surface area contributed by atoms with E-state index in [9.17, 15) is 8.42 Å². The number of hydrogen-bond acceptors (Lipinski definition) is 7. The second-order valence-electron chi connectivity index (χ2n) is 8.48. The molecule has 2 atom stereocenters. The Hall–Kier alpha value is -2.75. The number of nitrogens with one attached hydrogen (secondary N) is 1. The number of hydrogen-bond donors (Lipinski definition) is 1. The van der Waals surface area contributed by atoms with Gasteiger partial charge in [-0.2, -0.15) is 9.41 Å². The largest absolute Gasteiger partial charge is 0.497 e. The predicted octanol–water partition coefficient (Wildman–Crippen LogP) is 4.93. The standard InChI is InChI=1S/C24H28N4O3S2/c1-17-11-18(2)15-28(14-17)33(29,30)22-6-4-5-20(12-22)23-16-32-24(26-23)27-25-13-19-7-9-21(31-3)10-8-19/h4-10,12-13,16-18H,11,14-15H2,1-3H3,(H,26,27). The van der Waals surface area contributed by atoms with Crippen LogP contribution in [0.2, 0.25) is 0 Å². The molecule has 1 aliphatic rings. The first-order valence-corrected chi connectivity index (χ1v) is 13.2. The first-order valence-electron chi connectivity index (χ1n) is 10.8. The molecule has 0 radical (unpaired) electrons. The van der Waals surface area contributed by atoms with Crippen LogP contribution in [0.25, 0.3) is 11.3 Å². The molecular weight excluding hydrogens is 456 g/mol. The smallest absolute Gasteiger partial charge is 0.243 e. The van der Waals surface area contributed by atoms with Crippen LogP contribution in [0.15, 0.2) is 63.9 Å². The van der Waals surface area contributed by atoms with Crippen LogP contribution in [0.3, 0.4) is 0 Å². The molecule has 2 heterocycles. The van der Waals surface area contributed by atoms with Gasteiger partial charge in [0.05, 0.1) is 23.9 Å². The van der Waals surface area contributed by atoms with E-state index in [0.717, 1.165) is 23.3 Å². The van der Waals surface area contributed by atoms with Crippen molar-refractivity contribution >= 4 is 32.7 Å². The van der Waals surface area contributed by atoms with E-state index in [0.29, 0.717) is 40.6 Å². The third-order valence-electron chi connectivity index (χ3n) is 5.60. The summed E-state index contributed by atoms with van der Waals surface area (Å²) in [6.45, 7) is 5.34. The van der Waals surface area contributed by atoms with E-state index >= 15 is 0 Å². The highest BCUT2D eigenvalue weighted by atomic mass is 32.2. The quantitative estimate of drug-likeness (QED) is 0.380. The molecule has 1 saturated heterocycles. The number of rotatable bonds is 7. The number of hydrazone groups is 1. The number of nitrogens with zero attached hydrogens (tertiary/aromatic N) is 3. The predicted molar refractivity (Wildman–Crippen MR) is 133 cm³/mol. The van der Waals surface area contributed by atoms with Crippen LogP contribution in [-0.2, 0) is 10.0 Å². The summed E-state index contributed by atoms with van der Waals surface area (Å²) >= 11 is 1.41. The van der Waals surface area contributed by atoms with Gasteiger partial charge in [-0.1, -0.05) is 26.0 Å². The maximum atomic E-state index is 13.3. The summed E-state index contributed by atoms with van der Waals surface area (Å²) in [6.07, 6.45) is 2.76. The maximum absolute atomic E-state index is 13.3. The second kappa shape index (κ2) is 10.0. The molecule has 1 aliphatic heterocycles. The lowest BCUT2D eigenvalue weighted by Gasteiger charge is -2.34. The Kier molecular flexibility index (Phi) is 7.11. The third kappa shape index (κ3) is 5.61. The van der Waals surface area contributed by atoms with Crippen molar-refractivity contribution < 1.29 is 13.2 Å². The van der Waals surface area contributed by atoms with Gasteiger partial charge in [-0.25, -0.2) is 13.4 Å². The van der Waals surface area contributed by atoms with Gasteiger partial charge in [-0.15, -0.1) is 11.3 Å². The molecule has 3 aromatic rings. The van der Waals surface area contributed by atoms with E-state index in [1.54, 1.807) is 35.8 Å². The van der Waals surface area contributed by atoms with Crippen molar-refractivity contribution in [3.63, 3.8) is 0 Å². The molecular formula is C24H28N4O3S2. The van der Waals surface area contributed by atoms with E-state index in [4.69, 9.17) is 4.74 Å². The van der Waals surface area contributed by atoms with Crippen molar-refractivity contribution in [3.05, 3.63) is 59.5 Å². The molecule has 1 aromatic heterocycles. The summed E-state index contributed by atoms with van der Waals surface area (Å²) in [4.78, 5) is 4.87. The van der Waals surface area contributed by atoms with Gasteiger partial charge in [0.25, 0.3) is 0 Å². The first-order chi connectivity index (χ1) is 15.8. The lowest BCUT2D eigenvalue weighted by Crippen LogP contribution is -2.42. The fraction of sp³-hybridized carbons (Fsp3) is 0.333. The average molecular weight is 485 g/mol. The summed E-state index contributed by atoms with van der Waals surface area (Å²) in [6, 6.07) is 14.6. The van der Waals surface area contributed by atoms with Crippen LogP contribution < -0.4 is 10.2 Å². The molecule has 1 N–H and O–H groups in total. The minimum absolute atomic E-state index is 0.307. The Morgan fingerprint density at radius 3 is 2.58 bits per heavy atom. The van der Waals surface area contributed by atoms with E-state index in [1.807, 2.05) is 35.7 Å². The molecule has 0 bridgehead atoms. The molecule has 9 heteroatoms. The van der Waals surface area contributed by atoms with E-state index in [-0.39, 0.29) is 0 Å². The van der Waals surface area contributed by atoms with Crippen LogP contribution >= 0.6 is 11.3 Å². The summed E-state index contributed by atoms with van der Waals surface area (Å²) in [5.74, 6) is 1.51. The van der Waals surface area contributed by atoms with Gasteiger partial charge < -0.3 is 4.74 Å². The average Bonchev–Trinajstić information content (AvgIpc) is 3.28. The van der Waals surface area contributed by atoms with Crippen molar-refractivity contribution in [2.75, 3.05) is 25.6 Å². The van der Waals surface area contributed by atoms with Gasteiger partial charge >= 0.3 is 0 Å².